The van der Waals surface area contributed by atoms with Gasteiger partial charge in [0, 0.05) is 0 Å². The minimum Gasteiger partial charge on any atom is -0.481 e. The first-order valence-corrected chi connectivity index (χ1v) is 4.91. The number of carboxylic acid groups (broad SMARTS) is 1. The highest BCUT2D eigenvalue weighted by Gasteiger charge is 2.60. The zero-order valence-electron chi connectivity index (χ0n) is 8.58. The van der Waals surface area contributed by atoms with Gasteiger partial charge in [0.15, 0.2) is 0 Å². The molecule has 0 saturated heterocycles. The van der Waals surface area contributed by atoms with E-state index in [0.717, 1.165) is 12.8 Å². The van der Waals surface area contributed by atoms with Crippen LogP contribution in [0.4, 0.5) is 0 Å². The van der Waals surface area contributed by atoms with E-state index in [1.165, 1.54) is 0 Å². The molecule has 0 aromatic heterocycles. The number of rotatable bonds is 4. The molecule has 0 unspecified atom stereocenters. The quantitative estimate of drug-likeness (QED) is 0.679. The molecule has 1 N–H and O–H groups in total. The first-order valence-electron chi connectivity index (χ1n) is 4.91. The molecule has 1 rings (SSSR count). The van der Waals surface area contributed by atoms with Gasteiger partial charge in [-0.25, -0.2) is 0 Å². The average molecular weight is 182 g/mol. The molecule has 0 heterocycles. The van der Waals surface area contributed by atoms with E-state index in [2.05, 4.69) is 19.1 Å². The van der Waals surface area contributed by atoms with Crippen molar-refractivity contribution in [2.24, 2.45) is 17.3 Å². The smallest absolute Gasteiger partial charge is 0.307 e. The van der Waals surface area contributed by atoms with E-state index in [9.17, 15) is 4.79 Å². The van der Waals surface area contributed by atoms with Gasteiger partial charge in [-0.3, -0.25) is 4.79 Å². The summed E-state index contributed by atoms with van der Waals surface area (Å²) in [6, 6.07) is 0. The highest BCUT2D eigenvalue weighted by Crippen LogP contribution is 2.59. The Hall–Kier alpha value is -0.790. The third-order valence-corrected chi connectivity index (χ3v) is 2.98. The normalized spacial score (nSPS) is 30.7. The lowest BCUT2D eigenvalue weighted by atomic mass is 10.1. The van der Waals surface area contributed by atoms with Gasteiger partial charge in [-0.05, 0) is 17.8 Å². The molecule has 0 aliphatic heterocycles. The molecule has 74 valence electrons. The van der Waals surface area contributed by atoms with Crippen molar-refractivity contribution in [1.82, 2.24) is 0 Å². The summed E-state index contributed by atoms with van der Waals surface area (Å²) >= 11 is 0. The molecular formula is C11H18O2. The Kier molecular flexibility index (Phi) is 2.79. The van der Waals surface area contributed by atoms with E-state index >= 15 is 0 Å². The SMILES string of the molecule is CCC/C=C/[C@@H]1[C@@H](C(=O)O)C1(C)C. The van der Waals surface area contributed by atoms with Crippen molar-refractivity contribution in [3.63, 3.8) is 0 Å². The fourth-order valence-electron chi connectivity index (χ4n) is 1.92. The van der Waals surface area contributed by atoms with E-state index in [0.29, 0.717) is 0 Å². The number of unbranched alkanes of at least 4 members (excludes halogenated alkanes) is 1. The van der Waals surface area contributed by atoms with Gasteiger partial charge >= 0.3 is 5.97 Å². The summed E-state index contributed by atoms with van der Waals surface area (Å²) in [5, 5.41) is 8.88. The minimum atomic E-state index is -0.656. The second-order valence-electron chi connectivity index (χ2n) is 4.38. The highest BCUT2D eigenvalue weighted by molar-refractivity contribution is 5.76. The summed E-state index contributed by atoms with van der Waals surface area (Å²) in [6.45, 7) is 6.16. The van der Waals surface area contributed by atoms with Gasteiger partial charge < -0.3 is 5.11 Å². The Morgan fingerprint density at radius 2 is 2.15 bits per heavy atom. The number of carboxylic acids is 1. The Bertz CT molecular complexity index is 228. The third-order valence-electron chi connectivity index (χ3n) is 2.98. The van der Waals surface area contributed by atoms with Crippen molar-refractivity contribution in [2.45, 2.75) is 33.6 Å². The van der Waals surface area contributed by atoms with Crippen LogP contribution in [-0.4, -0.2) is 11.1 Å². The molecule has 0 aromatic rings. The largest absolute Gasteiger partial charge is 0.481 e. The highest BCUT2D eigenvalue weighted by atomic mass is 16.4. The summed E-state index contributed by atoms with van der Waals surface area (Å²) in [5.74, 6) is -0.576. The maximum absolute atomic E-state index is 10.8. The summed E-state index contributed by atoms with van der Waals surface area (Å²) in [4.78, 5) is 10.8. The van der Waals surface area contributed by atoms with Gasteiger partial charge in [0.1, 0.15) is 0 Å². The van der Waals surface area contributed by atoms with Crippen LogP contribution < -0.4 is 0 Å². The van der Waals surface area contributed by atoms with Crippen LogP contribution in [0.2, 0.25) is 0 Å². The van der Waals surface area contributed by atoms with Gasteiger partial charge in [0.05, 0.1) is 5.92 Å². The molecule has 0 spiro atoms. The van der Waals surface area contributed by atoms with Crippen LogP contribution in [0.25, 0.3) is 0 Å². The Labute approximate surface area is 79.6 Å². The molecule has 1 aliphatic rings. The van der Waals surface area contributed by atoms with E-state index in [1.807, 2.05) is 13.8 Å². The van der Waals surface area contributed by atoms with Crippen molar-refractivity contribution in [2.75, 3.05) is 0 Å². The lowest BCUT2D eigenvalue weighted by Crippen LogP contribution is -2.02. The zero-order chi connectivity index (χ0) is 10.1. The topological polar surface area (TPSA) is 37.3 Å². The van der Waals surface area contributed by atoms with Crippen LogP contribution in [0, 0.1) is 17.3 Å². The van der Waals surface area contributed by atoms with Crippen LogP contribution in [-0.2, 0) is 4.79 Å². The average Bonchev–Trinajstić information content (AvgIpc) is 2.54. The monoisotopic (exact) mass is 182 g/mol. The maximum Gasteiger partial charge on any atom is 0.307 e. The lowest BCUT2D eigenvalue weighted by molar-refractivity contribution is -0.139. The van der Waals surface area contributed by atoms with Crippen LogP contribution in [0.15, 0.2) is 12.2 Å². The fraction of sp³-hybridized carbons (Fsp3) is 0.727. The van der Waals surface area contributed by atoms with E-state index in [4.69, 9.17) is 5.11 Å². The Morgan fingerprint density at radius 1 is 1.54 bits per heavy atom. The number of carbonyl (C=O) groups is 1. The molecular weight excluding hydrogens is 164 g/mol. The molecule has 2 nitrogen and oxygen atoms in total. The molecule has 1 fully saturated rings. The van der Waals surface area contributed by atoms with Crippen LogP contribution in [0.1, 0.15) is 33.6 Å². The third kappa shape index (κ3) is 1.93. The molecule has 13 heavy (non-hydrogen) atoms. The van der Waals surface area contributed by atoms with Gasteiger partial charge in [-0.15, -0.1) is 0 Å². The second-order valence-corrected chi connectivity index (χ2v) is 4.38. The van der Waals surface area contributed by atoms with Crippen molar-refractivity contribution in [3.8, 4) is 0 Å². The molecule has 1 aliphatic carbocycles. The number of allylic oxidation sites excluding steroid dienone is 2. The zero-order valence-corrected chi connectivity index (χ0v) is 8.58. The van der Waals surface area contributed by atoms with Gasteiger partial charge in [0.2, 0.25) is 0 Å². The summed E-state index contributed by atoms with van der Waals surface area (Å²) < 4.78 is 0. The predicted molar refractivity (Wildman–Crippen MR) is 52.4 cm³/mol. The van der Waals surface area contributed by atoms with Gasteiger partial charge in [-0.2, -0.15) is 0 Å². The molecule has 0 amide bonds. The Balaban J connectivity index is 2.50. The van der Waals surface area contributed by atoms with Gasteiger partial charge in [0.25, 0.3) is 0 Å². The number of hydrogen-bond acceptors (Lipinski definition) is 1. The molecule has 2 heteroatoms. The Morgan fingerprint density at radius 3 is 2.54 bits per heavy atom. The molecule has 2 atom stereocenters. The standard InChI is InChI=1S/C11H18O2/c1-4-5-6-7-8-9(10(12)13)11(8,2)3/h6-9H,4-5H2,1-3H3,(H,12,13)/b7-6+/t8-,9+/m1/s1. The first-order chi connectivity index (χ1) is 6.01. The minimum absolute atomic E-state index is 0.0317. The lowest BCUT2D eigenvalue weighted by Gasteiger charge is -1.96. The molecule has 0 bridgehead atoms. The molecule has 1 saturated carbocycles. The van der Waals surface area contributed by atoms with Crippen LogP contribution in [0.3, 0.4) is 0 Å². The summed E-state index contributed by atoms with van der Waals surface area (Å²) in [5.41, 5.74) is -0.0317. The van der Waals surface area contributed by atoms with Gasteiger partial charge in [-0.1, -0.05) is 39.3 Å². The van der Waals surface area contributed by atoms with Crippen molar-refractivity contribution < 1.29 is 9.90 Å². The van der Waals surface area contributed by atoms with Crippen molar-refractivity contribution in [3.05, 3.63) is 12.2 Å². The summed E-state index contributed by atoms with van der Waals surface area (Å²) in [7, 11) is 0. The predicted octanol–water partition coefficient (Wildman–Crippen LogP) is 2.70. The van der Waals surface area contributed by atoms with E-state index < -0.39 is 5.97 Å². The van der Waals surface area contributed by atoms with Crippen molar-refractivity contribution >= 4 is 5.97 Å². The van der Waals surface area contributed by atoms with Crippen molar-refractivity contribution in [1.29, 1.82) is 0 Å². The fourth-order valence-corrected chi connectivity index (χ4v) is 1.92. The molecule has 0 radical (unpaired) electrons. The first kappa shape index (κ1) is 10.3. The number of hydrogen-bond donors (Lipinski definition) is 1. The summed E-state index contributed by atoms with van der Waals surface area (Å²) in [6.07, 6.45) is 6.36. The van der Waals surface area contributed by atoms with Crippen LogP contribution >= 0.6 is 0 Å². The van der Waals surface area contributed by atoms with E-state index in [-0.39, 0.29) is 17.3 Å². The molecule has 0 aromatic carbocycles. The van der Waals surface area contributed by atoms with Crippen LogP contribution in [0.5, 0.6) is 0 Å². The maximum atomic E-state index is 10.8. The van der Waals surface area contributed by atoms with E-state index in [1.54, 1.807) is 0 Å². The second kappa shape index (κ2) is 3.52. The number of aliphatic carboxylic acids is 1.